The van der Waals surface area contributed by atoms with E-state index in [1.807, 2.05) is 31.2 Å². The minimum absolute atomic E-state index is 0.542. The number of nitrogens with two attached hydrogens (primary N) is 2. The predicted octanol–water partition coefficient (Wildman–Crippen LogP) is 1.27. The highest BCUT2D eigenvalue weighted by molar-refractivity contribution is 5.98. The van der Waals surface area contributed by atoms with Crippen molar-refractivity contribution in [3.8, 4) is 0 Å². The van der Waals surface area contributed by atoms with Crippen molar-refractivity contribution in [3.63, 3.8) is 0 Å². The summed E-state index contributed by atoms with van der Waals surface area (Å²) in [5.41, 5.74) is 15.3. The molecule has 1 aromatic rings. The molecule has 0 unspecified atom stereocenters. The first-order valence-corrected chi connectivity index (χ1v) is 4.55. The van der Waals surface area contributed by atoms with Crippen molar-refractivity contribution in [2.45, 2.75) is 13.3 Å². The van der Waals surface area contributed by atoms with Gasteiger partial charge in [0.15, 0.2) is 0 Å². The van der Waals surface area contributed by atoms with Crippen LogP contribution in [0.15, 0.2) is 40.7 Å². The fourth-order valence-electron chi connectivity index (χ4n) is 1.18. The summed E-state index contributed by atoms with van der Waals surface area (Å²) >= 11 is 0. The zero-order valence-corrected chi connectivity index (χ0v) is 8.12. The first kappa shape index (κ1) is 8.81. The molecule has 3 nitrogen and oxygen atoms in total. The third kappa shape index (κ3) is 1.76. The number of hydrogen-bond donors (Lipinski definition) is 2. The molecule has 0 aliphatic heterocycles. The van der Waals surface area contributed by atoms with E-state index in [2.05, 4.69) is 4.99 Å². The summed E-state index contributed by atoms with van der Waals surface area (Å²) in [6, 6.07) is 7.96. The van der Waals surface area contributed by atoms with Crippen molar-refractivity contribution in [2.75, 3.05) is 0 Å². The standard InChI is InChI=1S/C11H13N3/c1-7-2-4-8(5-3-7)11(13)14-10-6-9(10)12/h2-5H,6,12H2,1H3,(H2,13,14). The third-order valence-corrected chi connectivity index (χ3v) is 2.21. The number of aryl methyl sites for hydroxylation is 1. The lowest BCUT2D eigenvalue weighted by Crippen LogP contribution is -2.12. The molecule has 2 rings (SSSR count). The molecule has 0 amide bonds. The maximum absolute atomic E-state index is 5.81. The van der Waals surface area contributed by atoms with E-state index in [0.717, 1.165) is 23.4 Å². The van der Waals surface area contributed by atoms with Crippen LogP contribution in [0.3, 0.4) is 0 Å². The lowest BCUT2D eigenvalue weighted by molar-refractivity contribution is 1.33. The quantitative estimate of drug-likeness (QED) is 0.541. The van der Waals surface area contributed by atoms with Gasteiger partial charge in [0.2, 0.25) is 0 Å². The Kier molecular flexibility index (Phi) is 2.00. The van der Waals surface area contributed by atoms with E-state index in [1.165, 1.54) is 5.56 Å². The van der Waals surface area contributed by atoms with Crippen molar-refractivity contribution in [1.29, 1.82) is 0 Å². The Morgan fingerprint density at radius 2 is 1.86 bits per heavy atom. The average molecular weight is 187 g/mol. The van der Waals surface area contributed by atoms with E-state index in [-0.39, 0.29) is 0 Å². The third-order valence-electron chi connectivity index (χ3n) is 2.21. The normalized spacial score (nSPS) is 15.9. The van der Waals surface area contributed by atoms with Gasteiger partial charge in [-0.25, -0.2) is 4.99 Å². The minimum Gasteiger partial charge on any atom is -0.400 e. The number of amidine groups is 1. The smallest absolute Gasteiger partial charge is 0.131 e. The molecule has 14 heavy (non-hydrogen) atoms. The Hall–Kier alpha value is -1.77. The molecule has 0 saturated carbocycles. The molecule has 0 heterocycles. The highest BCUT2D eigenvalue weighted by Crippen LogP contribution is 2.26. The highest BCUT2D eigenvalue weighted by atomic mass is 14.9. The predicted molar refractivity (Wildman–Crippen MR) is 57.7 cm³/mol. The number of nitrogens with zero attached hydrogens (tertiary/aromatic N) is 1. The summed E-state index contributed by atoms with van der Waals surface area (Å²) in [4.78, 5) is 4.22. The van der Waals surface area contributed by atoms with Gasteiger partial charge in [-0.3, -0.25) is 0 Å². The molecule has 3 heteroatoms. The van der Waals surface area contributed by atoms with E-state index in [4.69, 9.17) is 11.5 Å². The largest absolute Gasteiger partial charge is 0.400 e. The van der Waals surface area contributed by atoms with Crippen LogP contribution in [-0.4, -0.2) is 5.84 Å². The fraction of sp³-hybridized carbons (Fsp3) is 0.182. The van der Waals surface area contributed by atoms with Crippen LogP contribution in [0, 0.1) is 6.92 Å². The molecule has 1 aliphatic carbocycles. The lowest BCUT2D eigenvalue weighted by Gasteiger charge is -1.99. The topological polar surface area (TPSA) is 64.4 Å². The molecular weight excluding hydrogens is 174 g/mol. The van der Waals surface area contributed by atoms with Crippen molar-refractivity contribution in [1.82, 2.24) is 0 Å². The van der Waals surface area contributed by atoms with Gasteiger partial charge in [-0.15, -0.1) is 0 Å². The van der Waals surface area contributed by atoms with Gasteiger partial charge in [-0.2, -0.15) is 0 Å². The minimum atomic E-state index is 0.542. The van der Waals surface area contributed by atoms with Gasteiger partial charge >= 0.3 is 0 Å². The molecule has 1 aliphatic rings. The van der Waals surface area contributed by atoms with Gasteiger partial charge in [0.05, 0.1) is 5.70 Å². The summed E-state index contributed by atoms with van der Waals surface area (Å²) in [5, 5.41) is 0. The Morgan fingerprint density at radius 1 is 1.29 bits per heavy atom. The fourth-order valence-corrected chi connectivity index (χ4v) is 1.18. The van der Waals surface area contributed by atoms with Crippen LogP contribution in [0.25, 0.3) is 0 Å². The molecule has 0 saturated heterocycles. The van der Waals surface area contributed by atoms with E-state index in [1.54, 1.807) is 0 Å². The average Bonchev–Trinajstić information content (AvgIpc) is 2.82. The monoisotopic (exact) mass is 187 g/mol. The lowest BCUT2D eigenvalue weighted by atomic mass is 10.1. The van der Waals surface area contributed by atoms with Crippen molar-refractivity contribution in [3.05, 3.63) is 46.8 Å². The zero-order chi connectivity index (χ0) is 10.1. The molecule has 0 bridgehead atoms. The molecule has 0 spiro atoms. The molecule has 0 aromatic heterocycles. The van der Waals surface area contributed by atoms with E-state index >= 15 is 0 Å². The van der Waals surface area contributed by atoms with Crippen molar-refractivity contribution in [2.24, 2.45) is 16.5 Å². The van der Waals surface area contributed by atoms with E-state index < -0.39 is 0 Å². The van der Waals surface area contributed by atoms with Crippen LogP contribution in [0.1, 0.15) is 17.5 Å². The van der Waals surface area contributed by atoms with Crippen molar-refractivity contribution >= 4 is 5.84 Å². The Balaban J connectivity index is 2.23. The molecule has 0 radical (unpaired) electrons. The molecule has 72 valence electrons. The summed E-state index contributed by atoms with van der Waals surface area (Å²) < 4.78 is 0. The summed E-state index contributed by atoms with van der Waals surface area (Å²) in [7, 11) is 0. The van der Waals surface area contributed by atoms with Gasteiger partial charge in [-0.05, 0) is 6.92 Å². The van der Waals surface area contributed by atoms with Crippen LogP contribution < -0.4 is 11.5 Å². The second-order valence-corrected chi connectivity index (χ2v) is 3.51. The van der Waals surface area contributed by atoms with Gasteiger partial charge in [-0.1, -0.05) is 29.8 Å². The maximum Gasteiger partial charge on any atom is 0.131 e. The van der Waals surface area contributed by atoms with Gasteiger partial charge in [0.1, 0.15) is 5.84 Å². The molecule has 4 N–H and O–H groups in total. The van der Waals surface area contributed by atoms with Crippen LogP contribution >= 0.6 is 0 Å². The Morgan fingerprint density at radius 3 is 2.36 bits per heavy atom. The number of benzene rings is 1. The van der Waals surface area contributed by atoms with Gasteiger partial charge < -0.3 is 11.5 Å². The number of aliphatic imine (C=N–C) groups is 1. The van der Waals surface area contributed by atoms with E-state index in [0.29, 0.717) is 5.84 Å². The zero-order valence-electron chi connectivity index (χ0n) is 8.12. The van der Waals surface area contributed by atoms with Gasteiger partial charge in [0.25, 0.3) is 0 Å². The molecule has 0 atom stereocenters. The number of allylic oxidation sites excluding steroid dienone is 2. The first-order chi connectivity index (χ1) is 6.66. The second kappa shape index (κ2) is 3.18. The van der Waals surface area contributed by atoms with E-state index in [9.17, 15) is 0 Å². The van der Waals surface area contributed by atoms with Crippen LogP contribution in [0.5, 0.6) is 0 Å². The van der Waals surface area contributed by atoms with Crippen LogP contribution in [-0.2, 0) is 0 Å². The molecule has 0 fully saturated rings. The molecular formula is C11H13N3. The summed E-state index contributed by atoms with van der Waals surface area (Å²) in [5.74, 6) is 0.542. The maximum atomic E-state index is 5.81. The van der Waals surface area contributed by atoms with Gasteiger partial charge in [0, 0.05) is 17.7 Å². The Labute approximate surface area is 83.1 Å². The highest BCUT2D eigenvalue weighted by Gasteiger charge is 2.17. The number of hydrogen-bond acceptors (Lipinski definition) is 2. The Bertz CT molecular complexity index is 413. The number of rotatable bonds is 2. The second-order valence-electron chi connectivity index (χ2n) is 3.51. The molecule has 1 aromatic carbocycles. The summed E-state index contributed by atoms with van der Waals surface area (Å²) in [6.45, 7) is 2.04. The van der Waals surface area contributed by atoms with Crippen LogP contribution in [0.4, 0.5) is 0 Å². The SMILES string of the molecule is Cc1ccc(C(N)=NC2=C(N)C2)cc1. The first-order valence-electron chi connectivity index (χ1n) is 4.55. The van der Waals surface area contributed by atoms with Crippen LogP contribution in [0.2, 0.25) is 0 Å². The summed E-state index contributed by atoms with van der Waals surface area (Å²) in [6.07, 6.45) is 0.798. The van der Waals surface area contributed by atoms with Crippen molar-refractivity contribution < 1.29 is 0 Å².